The zero-order valence-electron chi connectivity index (χ0n) is 14.6. The highest BCUT2D eigenvalue weighted by Gasteiger charge is 2.14. The summed E-state index contributed by atoms with van der Waals surface area (Å²) in [7, 11) is 1.64. The van der Waals surface area contributed by atoms with Crippen LogP contribution in [-0.2, 0) is 17.0 Å². The number of hydrogen-bond donors (Lipinski definition) is 0. The molecule has 0 bridgehead atoms. The number of rotatable bonds is 9. The van der Waals surface area contributed by atoms with Gasteiger partial charge in [0.05, 0.1) is 13.2 Å². The molecule has 0 saturated heterocycles. The van der Waals surface area contributed by atoms with E-state index in [2.05, 4.69) is 19.9 Å². The highest BCUT2D eigenvalue weighted by Crippen LogP contribution is 2.27. The van der Waals surface area contributed by atoms with E-state index in [1.807, 2.05) is 22.8 Å². The Bertz CT molecular complexity index is 862. The summed E-state index contributed by atoms with van der Waals surface area (Å²) in [6.45, 7) is -1.73. The molecular weight excluding hydrogens is 374 g/mol. The number of hydrogen-bond acceptors (Lipinski definition) is 6. The minimum absolute atomic E-state index is 0.140. The molecule has 0 unspecified atom stereocenters. The van der Waals surface area contributed by atoms with Crippen LogP contribution in [0.25, 0.3) is 11.4 Å². The van der Waals surface area contributed by atoms with E-state index < -0.39 is 6.61 Å². The fourth-order valence-corrected chi connectivity index (χ4v) is 3.36. The van der Waals surface area contributed by atoms with Gasteiger partial charge in [-0.2, -0.15) is 8.78 Å². The van der Waals surface area contributed by atoms with Gasteiger partial charge in [-0.3, -0.25) is 9.55 Å². The van der Waals surface area contributed by atoms with Crippen LogP contribution < -0.4 is 4.74 Å². The smallest absolute Gasteiger partial charge is 0.387 e. The topological polar surface area (TPSA) is 62.1 Å². The summed E-state index contributed by atoms with van der Waals surface area (Å²) in [6.07, 6.45) is 3.40. The lowest BCUT2D eigenvalue weighted by Crippen LogP contribution is -2.07. The average Bonchev–Trinajstić information content (AvgIpc) is 3.08. The second-order valence-electron chi connectivity index (χ2n) is 5.50. The molecule has 0 amide bonds. The molecule has 27 heavy (non-hydrogen) atoms. The molecule has 1 aromatic carbocycles. The standard InChI is InChI=1S/C18H18F2N4O2S/c1-25-10-9-24-16(14-5-7-21-8-6-14)22-23-18(24)27-12-13-3-2-4-15(11-13)26-17(19)20/h2-8,11,17H,9-10,12H2,1H3. The lowest BCUT2D eigenvalue weighted by Gasteiger charge is -2.10. The first-order valence-electron chi connectivity index (χ1n) is 8.16. The molecular formula is C18H18F2N4O2S. The van der Waals surface area contributed by atoms with E-state index in [0.717, 1.165) is 22.1 Å². The predicted molar refractivity (Wildman–Crippen MR) is 97.8 cm³/mol. The predicted octanol–water partition coefficient (Wildman–Crippen LogP) is 3.88. The van der Waals surface area contributed by atoms with Crippen molar-refractivity contribution >= 4 is 11.8 Å². The number of ether oxygens (including phenoxy) is 2. The Morgan fingerprint density at radius 3 is 2.70 bits per heavy atom. The van der Waals surface area contributed by atoms with Crippen molar-refractivity contribution in [2.75, 3.05) is 13.7 Å². The van der Waals surface area contributed by atoms with Gasteiger partial charge in [0.2, 0.25) is 0 Å². The molecule has 0 fully saturated rings. The maximum absolute atomic E-state index is 12.4. The maximum atomic E-state index is 12.4. The van der Waals surface area contributed by atoms with Crippen LogP contribution in [0.2, 0.25) is 0 Å². The third-order valence-corrected chi connectivity index (χ3v) is 4.70. The molecule has 0 radical (unpaired) electrons. The van der Waals surface area contributed by atoms with E-state index in [9.17, 15) is 8.78 Å². The highest BCUT2D eigenvalue weighted by atomic mass is 32.2. The minimum Gasteiger partial charge on any atom is -0.435 e. The molecule has 3 aromatic rings. The number of alkyl halides is 2. The Morgan fingerprint density at radius 1 is 1.15 bits per heavy atom. The van der Waals surface area contributed by atoms with Crippen LogP contribution in [0, 0.1) is 0 Å². The first kappa shape index (κ1) is 19.2. The van der Waals surface area contributed by atoms with Crippen molar-refractivity contribution in [3.8, 4) is 17.1 Å². The third-order valence-electron chi connectivity index (χ3n) is 3.67. The number of nitrogens with zero attached hydrogens (tertiary/aromatic N) is 4. The molecule has 0 N–H and O–H groups in total. The van der Waals surface area contributed by atoms with E-state index in [1.54, 1.807) is 31.6 Å². The number of pyridine rings is 1. The largest absolute Gasteiger partial charge is 0.435 e. The molecule has 0 aliphatic heterocycles. The molecule has 2 heterocycles. The molecule has 0 saturated carbocycles. The van der Waals surface area contributed by atoms with Gasteiger partial charge in [0.1, 0.15) is 5.75 Å². The van der Waals surface area contributed by atoms with Gasteiger partial charge in [-0.25, -0.2) is 0 Å². The number of methoxy groups -OCH3 is 1. The van der Waals surface area contributed by atoms with Crippen LogP contribution in [0.1, 0.15) is 5.56 Å². The summed E-state index contributed by atoms with van der Waals surface area (Å²) in [5.41, 5.74) is 1.76. The Labute approximate surface area is 159 Å². The SMILES string of the molecule is COCCn1c(SCc2cccc(OC(F)F)c2)nnc1-c1ccncc1. The number of benzene rings is 1. The van der Waals surface area contributed by atoms with Gasteiger partial charge in [-0.15, -0.1) is 10.2 Å². The molecule has 0 aliphatic carbocycles. The Hall–Kier alpha value is -2.52. The van der Waals surface area contributed by atoms with Gasteiger partial charge < -0.3 is 9.47 Å². The summed E-state index contributed by atoms with van der Waals surface area (Å²) >= 11 is 1.47. The molecule has 3 rings (SSSR count). The van der Waals surface area contributed by atoms with E-state index in [-0.39, 0.29) is 5.75 Å². The summed E-state index contributed by atoms with van der Waals surface area (Å²) < 4.78 is 36.4. The van der Waals surface area contributed by atoms with Crippen molar-refractivity contribution in [1.82, 2.24) is 19.7 Å². The first-order valence-corrected chi connectivity index (χ1v) is 9.15. The molecule has 0 atom stereocenters. The van der Waals surface area contributed by atoms with Crippen LogP contribution in [0.15, 0.2) is 53.9 Å². The van der Waals surface area contributed by atoms with Crippen molar-refractivity contribution in [2.24, 2.45) is 0 Å². The van der Waals surface area contributed by atoms with Gasteiger partial charge in [0.25, 0.3) is 0 Å². The maximum Gasteiger partial charge on any atom is 0.387 e. The summed E-state index contributed by atoms with van der Waals surface area (Å²) in [4.78, 5) is 4.02. The molecule has 9 heteroatoms. The van der Waals surface area contributed by atoms with Crippen LogP contribution >= 0.6 is 11.8 Å². The van der Waals surface area contributed by atoms with E-state index in [4.69, 9.17) is 4.74 Å². The number of thioether (sulfide) groups is 1. The molecule has 2 aromatic heterocycles. The Morgan fingerprint density at radius 2 is 1.96 bits per heavy atom. The van der Waals surface area contributed by atoms with Crippen LogP contribution in [0.5, 0.6) is 5.75 Å². The van der Waals surface area contributed by atoms with Crippen LogP contribution in [-0.4, -0.2) is 40.1 Å². The fraction of sp³-hybridized carbons (Fsp3) is 0.278. The Kier molecular flexibility index (Phi) is 6.72. The number of aromatic nitrogens is 4. The third kappa shape index (κ3) is 5.24. The average molecular weight is 392 g/mol. The normalized spacial score (nSPS) is 11.1. The second-order valence-corrected chi connectivity index (χ2v) is 6.44. The van der Waals surface area contributed by atoms with Crippen molar-refractivity contribution < 1.29 is 18.3 Å². The zero-order valence-corrected chi connectivity index (χ0v) is 15.4. The van der Waals surface area contributed by atoms with E-state index in [1.165, 1.54) is 17.8 Å². The second kappa shape index (κ2) is 9.43. The van der Waals surface area contributed by atoms with Crippen molar-refractivity contribution in [1.29, 1.82) is 0 Å². The van der Waals surface area contributed by atoms with Crippen LogP contribution in [0.3, 0.4) is 0 Å². The van der Waals surface area contributed by atoms with Crippen molar-refractivity contribution in [2.45, 2.75) is 24.1 Å². The minimum atomic E-state index is -2.84. The van der Waals surface area contributed by atoms with Gasteiger partial charge >= 0.3 is 6.61 Å². The lowest BCUT2D eigenvalue weighted by atomic mass is 10.2. The fourth-order valence-electron chi connectivity index (χ4n) is 2.45. The quantitative estimate of drug-likeness (QED) is 0.515. The highest BCUT2D eigenvalue weighted by molar-refractivity contribution is 7.98. The van der Waals surface area contributed by atoms with Crippen LogP contribution in [0.4, 0.5) is 8.78 Å². The lowest BCUT2D eigenvalue weighted by molar-refractivity contribution is -0.0498. The number of halogens is 2. The molecule has 0 spiro atoms. The summed E-state index contributed by atoms with van der Waals surface area (Å²) in [5.74, 6) is 1.41. The van der Waals surface area contributed by atoms with Gasteiger partial charge in [-0.1, -0.05) is 23.9 Å². The zero-order chi connectivity index (χ0) is 19.1. The summed E-state index contributed by atoms with van der Waals surface area (Å²) in [5, 5.41) is 9.29. The first-order chi connectivity index (χ1) is 13.2. The molecule has 0 aliphatic rings. The van der Waals surface area contributed by atoms with Gasteiger partial charge in [0, 0.05) is 30.8 Å². The van der Waals surface area contributed by atoms with Gasteiger partial charge in [0.15, 0.2) is 11.0 Å². The van der Waals surface area contributed by atoms with E-state index >= 15 is 0 Å². The molecule has 142 valence electrons. The monoisotopic (exact) mass is 392 g/mol. The molecule has 6 nitrogen and oxygen atoms in total. The Balaban J connectivity index is 1.77. The van der Waals surface area contributed by atoms with Gasteiger partial charge in [-0.05, 0) is 29.8 Å². The van der Waals surface area contributed by atoms with Crippen molar-refractivity contribution in [3.63, 3.8) is 0 Å². The van der Waals surface area contributed by atoms with Crippen molar-refractivity contribution in [3.05, 3.63) is 54.4 Å². The van der Waals surface area contributed by atoms with E-state index in [0.29, 0.717) is 18.9 Å². The summed E-state index contributed by atoms with van der Waals surface area (Å²) in [6, 6.07) is 10.4.